The number of hydrogen-bond acceptors (Lipinski definition) is 4. The lowest BCUT2D eigenvalue weighted by Crippen LogP contribution is -2.36. The molecule has 3 aromatic carbocycles. The van der Waals surface area contributed by atoms with Crippen molar-refractivity contribution in [3.63, 3.8) is 0 Å². The van der Waals surface area contributed by atoms with Crippen LogP contribution in [0.2, 0.25) is 0 Å². The summed E-state index contributed by atoms with van der Waals surface area (Å²) in [6.45, 7) is 8.24. The lowest BCUT2D eigenvalue weighted by atomic mass is 9.88. The van der Waals surface area contributed by atoms with Crippen LogP contribution in [0.1, 0.15) is 37.8 Å². The minimum atomic E-state index is -0.600. The Hall–Kier alpha value is -3.80. The van der Waals surface area contributed by atoms with Crippen LogP contribution in [-0.2, 0) is 9.53 Å². The van der Waals surface area contributed by atoms with Gasteiger partial charge in [0.25, 0.3) is 0 Å². The molecular formula is C29H32N2O4. The molecule has 0 saturated carbocycles. The van der Waals surface area contributed by atoms with Crippen LogP contribution in [0.4, 0.5) is 10.5 Å². The molecule has 1 fully saturated rings. The van der Waals surface area contributed by atoms with Gasteiger partial charge in [-0.25, -0.2) is 4.79 Å². The highest BCUT2D eigenvalue weighted by molar-refractivity contribution is 5.94. The predicted molar refractivity (Wildman–Crippen MR) is 137 cm³/mol. The Labute approximate surface area is 206 Å². The van der Waals surface area contributed by atoms with Crippen molar-refractivity contribution >= 4 is 17.7 Å². The van der Waals surface area contributed by atoms with Crippen LogP contribution in [0, 0.1) is 12.8 Å². The third-order valence-electron chi connectivity index (χ3n) is 5.86. The van der Waals surface area contributed by atoms with Gasteiger partial charge in [0.05, 0.1) is 5.92 Å². The fraction of sp³-hybridized carbons (Fsp3) is 0.310. The number of aryl methyl sites for hydroxylation is 1. The van der Waals surface area contributed by atoms with Crippen molar-refractivity contribution in [3.05, 3.63) is 90.0 Å². The number of benzene rings is 3. The molecule has 0 aromatic heterocycles. The van der Waals surface area contributed by atoms with Gasteiger partial charge in [0.15, 0.2) is 0 Å². The van der Waals surface area contributed by atoms with E-state index in [1.54, 1.807) is 11.0 Å². The molecule has 0 bridgehead atoms. The van der Waals surface area contributed by atoms with Gasteiger partial charge in [-0.2, -0.15) is 0 Å². The van der Waals surface area contributed by atoms with E-state index in [2.05, 4.69) is 5.32 Å². The van der Waals surface area contributed by atoms with Crippen LogP contribution in [-0.4, -0.2) is 35.6 Å². The summed E-state index contributed by atoms with van der Waals surface area (Å²) in [5.74, 6) is 0.690. The van der Waals surface area contributed by atoms with Crippen molar-refractivity contribution in [3.8, 4) is 11.5 Å². The summed E-state index contributed by atoms with van der Waals surface area (Å²) in [6, 6.07) is 25.0. The molecule has 1 aliphatic heterocycles. The summed E-state index contributed by atoms with van der Waals surface area (Å²) in [5, 5.41) is 3.03. The SMILES string of the molecule is Cc1cccc(Oc2cccc(NC(=O)[C@@H]3CN(C(=O)OC(C)(C)C)C[C@H]3c3ccccc3)c2)c1. The number of carbonyl (C=O) groups is 2. The Balaban J connectivity index is 1.51. The molecule has 3 aromatic rings. The maximum atomic E-state index is 13.4. The number of carbonyl (C=O) groups excluding carboxylic acids is 2. The van der Waals surface area contributed by atoms with Crippen molar-refractivity contribution in [1.82, 2.24) is 4.90 Å². The Morgan fingerprint density at radius 2 is 1.57 bits per heavy atom. The van der Waals surface area contributed by atoms with Crippen molar-refractivity contribution in [2.24, 2.45) is 5.92 Å². The van der Waals surface area contributed by atoms with Crippen LogP contribution >= 0.6 is 0 Å². The van der Waals surface area contributed by atoms with Crippen molar-refractivity contribution in [2.75, 3.05) is 18.4 Å². The average molecular weight is 473 g/mol. The second kappa shape index (κ2) is 10.2. The number of nitrogens with one attached hydrogen (secondary N) is 1. The Kier molecular flexibility index (Phi) is 7.10. The van der Waals surface area contributed by atoms with Gasteiger partial charge in [-0.05, 0) is 63.1 Å². The van der Waals surface area contributed by atoms with Crippen molar-refractivity contribution < 1.29 is 19.1 Å². The molecule has 6 nitrogen and oxygen atoms in total. The molecular weight excluding hydrogens is 440 g/mol. The molecule has 1 heterocycles. The topological polar surface area (TPSA) is 67.9 Å². The summed E-state index contributed by atoms with van der Waals surface area (Å²) in [4.78, 5) is 27.8. The first kappa shape index (κ1) is 24.3. The van der Waals surface area contributed by atoms with Crippen LogP contribution in [0.5, 0.6) is 11.5 Å². The molecule has 182 valence electrons. The molecule has 1 N–H and O–H groups in total. The zero-order valence-electron chi connectivity index (χ0n) is 20.7. The summed E-state index contributed by atoms with van der Waals surface area (Å²) in [5.41, 5.74) is 2.17. The largest absolute Gasteiger partial charge is 0.457 e. The van der Waals surface area contributed by atoms with Gasteiger partial charge in [-0.15, -0.1) is 0 Å². The Morgan fingerprint density at radius 3 is 2.26 bits per heavy atom. The molecule has 0 radical (unpaired) electrons. The smallest absolute Gasteiger partial charge is 0.410 e. The first-order chi connectivity index (χ1) is 16.7. The van der Waals surface area contributed by atoms with Gasteiger partial charge in [-0.3, -0.25) is 4.79 Å². The minimum Gasteiger partial charge on any atom is -0.457 e. The number of rotatable bonds is 5. The number of nitrogens with zero attached hydrogens (tertiary/aromatic N) is 1. The van der Waals surface area contributed by atoms with E-state index < -0.39 is 17.6 Å². The number of amides is 2. The third-order valence-corrected chi connectivity index (χ3v) is 5.86. The highest BCUT2D eigenvalue weighted by Crippen LogP contribution is 2.35. The van der Waals surface area contributed by atoms with E-state index in [4.69, 9.17) is 9.47 Å². The van der Waals surface area contributed by atoms with E-state index in [1.807, 2.05) is 100 Å². The highest BCUT2D eigenvalue weighted by Gasteiger charge is 2.41. The first-order valence-corrected chi connectivity index (χ1v) is 11.9. The molecule has 4 rings (SSSR count). The van der Waals surface area contributed by atoms with Crippen LogP contribution in [0.25, 0.3) is 0 Å². The molecule has 0 aliphatic carbocycles. The molecule has 0 unspecified atom stereocenters. The molecule has 1 aliphatic rings. The normalized spacial score (nSPS) is 17.7. The fourth-order valence-corrected chi connectivity index (χ4v) is 4.27. The lowest BCUT2D eigenvalue weighted by Gasteiger charge is -2.24. The zero-order valence-corrected chi connectivity index (χ0v) is 20.7. The second-order valence-corrected chi connectivity index (χ2v) is 9.94. The van der Waals surface area contributed by atoms with Gasteiger partial charge < -0.3 is 19.7 Å². The molecule has 2 amide bonds. The standard InChI is InChI=1S/C29H32N2O4/c1-20-10-8-14-23(16-20)34-24-15-9-13-22(17-24)30-27(32)26-19-31(28(33)35-29(2,3)4)18-25(26)21-11-6-5-7-12-21/h5-17,25-26H,18-19H2,1-4H3,(H,30,32)/t25-,26+/m0/s1. The number of ether oxygens (including phenoxy) is 2. The van der Waals surface area contributed by atoms with Crippen molar-refractivity contribution in [1.29, 1.82) is 0 Å². The van der Waals surface area contributed by atoms with E-state index in [-0.39, 0.29) is 11.8 Å². The third kappa shape index (κ3) is 6.41. The van der Waals surface area contributed by atoms with Gasteiger partial charge in [-0.1, -0.05) is 48.5 Å². The van der Waals surface area contributed by atoms with E-state index in [0.29, 0.717) is 24.5 Å². The monoisotopic (exact) mass is 472 g/mol. The maximum Gasteiger partial charge on any atom is 0.410 e. The van der Waals surface area contributed by atoms with Crippen LogP contribution in [0.15, 0.2) is 78.9 Å². The fourth-order valence-electron chi connectivity index (χ4n) is 4.27. The maximum absolute atomic E-state index is 13.4. The Bertz CT molecular complexity index is 1190. The van der Waals surface area contributed by atoms with E-state index in [1.165, 1.54) is 0 Å². The summed E-state index contributed by atoms with van der Waals surface area (Å²) >= 11 is 0. The summed E-state index contributed by atoms with van der Waals surface area (Å²) in [6.07, 6.45) is -0.401. The van der Waals surface area contributed by atoms with Gasteiger partial charge in [0.1, 0.15) is 17.1 Å². The van der Waals surface area contributed by atoms with Crippen LogP contribution < -0.4 is 10.1 Å². The summed E-state index contributed by atoms with van der Waals surface area (Å²) < 4.78 is 11.5. The molecule has 35 heavy (non-hydrogen) atoms. The number of likely N-dealkylation sites (tertiary alicyclic amines) is 1. The second-order valence-electron chi connectivity index (χ2n) is 9.94. The zero-order chi connectivity index (χ0) is 25.0. The summed E-state index contributed by atoms with van der Waals surface area (Å²) in [7, 11) is 0. The van der Waals surface area contributed by atoms with Gasteiger partial charge in [0.2, 0.25) is 5.91 Å². The first-order valence-electron chi connectivity index (χ1n) is 11.9. The van der Waals surface area contributed by atoms with Crippen molar-refractivity contribution in [2.45, 2.75) is 39.2 Å². The van der Waals surface area contributed by atoms with E-state index >= 15 is 0 Å². The van der Waals surface area contributed by atoms with Gasteiger partial charge in [0, 0.05) is 30.8 Å². The van der Waals surface area contributed by atoms with E-state index in [9.17, 15) is 9.59 Å². The predicted octanol–water partition coefficient (Wildman–Crippen LogP) is 6.38. The minimum absolute atomic E-state index is 0.129. The van der Waals surface area contributed by atoms with Crippen LogP contribution in [0.3, 0.4) is 0 Å². The Morgan fingerprint density at radius 1 is 0.886 bits per heavy atom. The van der Waals surface area contributed by atoms with Gasteiger partial charge >= 0.3 is 6.09 Å². The molecule has 0 spiro atoms. The molecule has 1 saturated heterocycles. The molecule has 6 heteroatoms. The average Bonchev–Trinajstić information content (AvgIpc) is 3.25. The quantitative estimate of drug-likeness (QED) is 0.468. The lowest BCUT2D eigenvalue weighted by molar-refractivity contribution is -0.119. The highest BCUT2D eigenvalue weighted by atomic mass is 16.6. The molecule has 2 atom stereocenters. The number of hydrogen-bond donors (Lipinski definition) is 1. The number of anilines is 1. The van der Waals surface area contributed by atoms with E-state index in [0.717, 1.165) is 16.9 Å².